The van der Waals surface area contributed by atoms with Gasteiger partial charge in [0.05, 0.1) is 25.6 Å². The third kappa shape index (κ3) is 2.77. The van der Waals surface area contributed by atoms with E-state index in [1.54, 1.807) is 32.4 Å². The average molecular weight is 276 g/mol. The van der Waals surface area contributed by atoms with Gasteiger partial charge >= 0.3 is 0 Å². The first-order valence-corrected chi connectivity index (χ1v) is 6.10. The van der Waals surface area contributed by atoms with Gasteiger partial charge in [0.15, 0.2) is 11.5 Å². The van der Waals surface area contributed by atoms with Crippen LogP contribution in [0.4, 0.5) is 21.5 Å². The summed E-state index contributed by atoms with van der Waals surface area (Å²) in [6.45, 7) is 1.89. The summed E-state index contributed by atoms with van der Waals surface area (Å²) in [5.74, 6) is 0.793. The number of methoxy groups -OCH3 is 2. The molecular weight excluding hydrogens is 259 g/mol. The maximum absolute atomic E-state index is 13.3. The summed E-state index contributed by atoms with van der Waals surface area (Å²) < 4.78 is 23.7. The van der Waals surface area contributed by atoms with Crippen molar-refractivity contribution in [2.75, 3.05) is 25.3 Å². The van der Waals surface area contributed by atoms with Gasteiger partial charge in [-0.2, -0.15) is 0 Å². The molecule has 2 rings (SSSR count). The molecular formula is C15H17FN2O2. The van der Waals surface area contributed by atoms with Crippen LogP contribution in [0.2, 0.25) is 0 Å². The summed E-state index contributed by atoms with van der Waals surface area (Å²) in [4.78, 5) is 0. The van der Waals surface area contributed by atoms with Crippen LogP contribution in [0, 0.1) is 12.7 Å². The molecule has 0 fully saturated rings. The maximum Gasteiger partial charge on any atom is 0.162 e. The molecule has 0 aliphatic carbocycles. The zero-order valence-electron chi connectivity index (χ0n) is 11.7. The van der Waals surface area contributed by atoms with Crippen molar-refractivity contribution in [2.45, 2.75) is 6.92 Å². The molecule has 3 N–H and O–H groups in total. The second-order valence-corrected chi connectivity index (χ2v) is 4.38. The van der Waals surface area contributed by atoms with Crippen LogP contribution in [0.15, 0.2) is 30.3 Å². The fourth-order valence-corrected chi connectivity index (χ4v) is 1.88. The molecule has 2 aromatic rings. The molecule has 106 valence electrons. The van der Waals surface area contributed by atoms with Gasteiger partial charge in [0, 0.05) is 17.8 Å². The lowest BCUT2D eigenvalue weighted by molar-refractivity contribution is 0.355. The van der Waals surface area contributed by atoms with Gasteiger partial charge in [-0.1, -0.05) is 6.07 Å². The van der Waals surface area contributed by atoms with Gasteiger partial charge in [0.25, 0.3) is 0 Å². The van der Waals surface area contributed by atoms with Crippen LogP contribution < -0.4 is 20.5 Å². The Morgan fingerprint density at radius 2 is 1.65 bits per heavy atom. The Morgan fingerprint density at radius 3 is 2.30 bits per heavy atom. The SMILES string of the molecule is COc1cc(N)c(Nc2cc(F)ccc2C)cc1OC. The van der Waals surface area contributed by atoms with E-state index in [1.165, 1.54) is 12.1 Å². The van der Waals surface area contributed by atoms with Crippen LogP contribution in [-0.4, -0.2) is 14.2 Å². The number of nitrogens with two attached hydrogens (primary N) is 1. The van der Waals surface area contributed by atoms with Gasteiger partial charge in [0.2, 0.25) is 0 Å². The molecule has 0 unspecified atom stereocenters. The Kier molecular flexibility index (Phi) is 3.98. The van der Waals surface area contributed by atoms with E-state index in [0.717, 1.165) is 5.56 Å². The Bertz CT molecular complexity index is 630. The molecule has 5 heteroatoms. The van der Waals surface area contributed by atoms with E-state index in [9.17, 15) is 4.39 Å². The Labute approximate surface area is 117 Å². The first-order valence-electron chi connectivity index (χ1n) is 6.10. The summed E-state index contributed by atoms with van der Waals surface area (Å²) in [5.41, 5.74) is 8.67. The molecule has 0 saturated heterocycles. The second kappa shape index (κ2) is 5.69. The van der Waals surface area contributed by atoms with E-state index in [0.29, 0.717) is 28.6 Å². The highest BCUT2D eigenvalue weighted by molar-refractivity contribution is 5.77. The molecule has 0 spiro atoms. The van der Waals surface area contributed by atoms with Crippen molar-refractivity contribution in [3.63, 3.8) is 0 Å². The van der Waals surface area contributed by atoms with Crippen LogP contribution in [-0.2, 0) is 0 Å². The predicted octanol–water partition coefficient (Wildman–Crippen LogP) is 3.48. The number of rotatable bonds is 4. The summed E-state index contributed by atoms with van der Waals surface area (Å²) in [5, 5.41) is 3.11. The molecule has 0 radical (unpaired) electrons. The Hall–Kier alpha value is -2.43. The second-order valence-electron chi connectivity index (χ2n) is 4.38. The molecule has 20 heavy (non-hydrogen) atoms. The van der Waals surface area contributed by atoms with Gasteiger partial charge in [-0.15, -0.1) is 0 Å². The van der Waals surface area contributed by atoms with Gasteiger partial charge in [-0.3, -0.25) is 0 Å². The molecule has 0 aliphatic heterocycles. The minimum Gasteiger partial charge on any atom is -0.493 e. The highest BCUT2D eigenvalue weighted by Crippen LogP contribution is 2.36. The number of hydrogen-bond donors (Lipinski definition) is 2. The minimum atomic E-state index is -0.308. The van der Waals surface area contributed by atoms with Crippen molar-refractivity contribution < 1.29 is 13.9 Å². The lowest BCUT2D eigenvalue weighted by Crippen LogP contribution is -2.00. The highest BCUT2D eigenvalue weighted by atomic mass is 19.1. The third-order valence-electron chi connectivity index (χ3n) is 3.02. The topological polar surface area (TPSA) is 56.5 Å². The fraction of sp³-hybridized carbons (Fsp3) is 0.200. The largest absolute Gasteiger partial charge is 0.493 e. The lowest BCUT2D eigenvalue weighted by Gasteiger charge is -2.15. The van der Waals surface area contributed by atoms with Crippen molar-refractivity contribution in [2.24, 2.45) is 0 Å². The standard InChI is InChI=1S/C15H17FN2O2/c1-9-4-5-10(16)6-12(9)18-13-8-15(20-3)14(19-2)7-11(13)17/h4-8,18H,17H2,1-3H3. The zero-order chi connectivity index (χ0) is 14.7. The van der Waals surface area contributed by atoms with Crippen molar-refractivity contribution in [3.8, 4) is 11.5 Å². The van der Waals surface area contributed by atoms with E-state index < -0.39 is 0 Å². The van der Waals surface area contributed by atoms with Crippen LogP contribution in [0.3, 0.4) is 0 Å². The average Bonchev–Trinajstić information content (AvgIpc) is 2.44. The normalized spacial score (nSPS) is 10.2. The fourth-order valence-electron chi connectivity index (χ4n) is 1.88. The van der Waals surface area contributed by atoms with Crippen LogP contribution in [0.5, 0.6) is 11.5 Å². The molecule has 0 amide bonds. The highest BCUT2D eigenvalue weighted by Gasteiger charge is 2.10. The van der Waals surface area contributed by atoms with Gasteiger partial charge in [-0.05, 0) is 24.6 Å². The first kappa shape index (κ1) is 14.0. The number of benzene rings is 2. The Morgan fingerprint density at radius 1 is 1.00 bits per heavy atom. The summed E-state index contributed by atoms with van der Waals surface area (Å²) in [6.07, 6.45) is 0. The van der Waals surface area contributed by atoms with E-state index in [2.05, 4.69) is 5.32 Å². The van der Waals surface area contributed by atoms with Gasteiger partial charge in [0.1, 0.15) is 5.82 Å². The van der Waals surface area contributed by atoms with Crippen LogP contribution in [0.25, 0.3) is 0 Å². The number of anilines is 3. The molecule has 2 aromatic carbocycles. The quantitative estimate of drug-likeness (QED) is 0.839. The number of aryl methyl sites for hydroxylation is 1. The third-order valence-corrected chi connectivity index (χ3v) is 3.02. The number of nitrogen functional groups attached to an aromatic ring is 1. The van der Waals surface area contributed by atoms with E-state index >= 15 is 0 Å². The molecule has 0 saturated carbocycles. The van der Waals surface area contributed by atoms with Crippen LogP contribution in [0.1, 0.15) is 5.56 Å². The van der Waals surface area contributed by atoms with E-state index in [4.69, 9.17) is 15.2 Å². The molecule has 0 aliphatic rings. The number of halogens is 1. The molecule has 4 nitrogen and oxygen atoms in total. The number of hydrogen-bond acceptors (Lipinski definition) is 4. The predicted molar refractivity (Wildman–Crippen MR) is 78.4 cm³/mol. The first-order chi connectivity index (χ1) is 9.55. The molecule has 0 atom stereocenters. The van der Waals surface area contributed by atoms with Gasteiger partial charge < -0.3 is 20.5 Å². The van der Waals surface area contributed by atoms with Crippen molar-refractivity contribution in [1.82, 2.24) is 0 Å². The monoisotopic (exact) mass is 276 g/mol. The molecule has 0 aromatic heterocycles. The lowest BCUT2D eigenvalue weighted by atomic mass is 10.1. The molecule has 0 heterocycles. The smallest absolute Gasteiger partial charge is 0.162 e. The van der Waals surface area contributed by atoms with Gasteiger partial charge in [-0.25, -0.2) is 4.39 Å². The minimum absolute atomic E-state index is 0.308. The van der Waals surface area contributed by atoms with Crippen molar-refractivity contribution in [1.29, 1.82) is 0 Å². The number of nitrogens with one attached hydrogen (secondary N) is 1. The summed E-state index contributed by atoms with van der Waals surface area (Å²) in [6, 6.07) is 7.92. The number of ether oxygens (including phenoxy) is 2. The Balaban J connectivity index is 2.40. The zero-order valence-corrected chi connectivity index (χ0v) is 11.7. The van der Waals surface area contributed by atoms with Crippen molar-refractivity contribution in [3.05, 3.63) is 41.7 Å². The van der Waals surface area contributed by atoms with E-state index in [1.807, 2.05) is 6.92 Å². The molecule has 0 bridgehead atoms. The summed E-state index contributed by atoms with van der Waals surface area (Å²) >= 11 is 0. The van der Waals surface area contributed by atoms with Crippen molar-refractivity contribution >= 4 is 17.1 Å². The summed E-state index contributed by atoms with van der Waals surface area (Å²) in [7, 11) is 3.09. The maximum atomic E-state index is 13.3. The van der Waals surface area contributed by atoms with E-state index in [-0.39, 0.29) is 5.82 Å². The van der Waals surface area contributed by atoms with Crippen LogP contribution >= 0.6 is 0 Å².